The minimum Gasteiger partial charge on any atom is -0.273 e. The van der Waals surface area contributed by atoms with E-state index in [4.69, 9.17) is 0 Å². The van der Waals surface area contributed by atoms with Crippen LogP contribution in [0.5, 0.6) is 0 Å². The summed E-state index contributed by atoms with van der Waals surface area (Å²) in [6.07, 6.45) is 0.918. The van der Waals surface area contributed by atoms with Gasteiger partial charge in [-0.3, -0.25) is 15.6 Å². The molecular weight excluding hydrogens is 345 g/mol. The number of halogens is 1. The fraction of sp³-hybridized carbons (Fsp3) is 0.176. The topological polar surface area (TPSA) is 54.0 Å². The number of thiazole rings is 1. The molecule has 0 unspecified atom stereocenters. The largest absolute Gasteiger partial charge is 0.273 e. The van der Waals surface area contributed by atoms with Crippen molar-refractivity contribution in [2.45, 2.75) is 18.2 Å². The number of para-hydroxylation sites is 1. The predicted molar refractivity (Wildman–Crippen MR) is 97.9 cm³/mol. The first kappa shape index (κ1) is 16.7. The molecule has 0 saturated heterocycles. The lowest BCUT2D eigenvalue weighted by atomic mass is 10.1. The van der Waals surface area contributed by atoms with Gasteiger partial charge in [0.2, 0.25) is 11.0 Å². The van der Waals surface area contributed by atoms with Crippen LogP contribution in [-0.4, -0.2) is 16.6 Å². The first-order chi connectivity index (χ1) is 11.7. The van der Waals surface area contributed by atoms with Gasteiger partial charge in [-0.1, -0.05) is 30.4 Å². The number of carbonyl (C=O) groups is 1. The maximum absolute atomic E-state index is 12.8. The molecule has 4 nitrogen and oxygen atoms in total. The average molecular weight is 361 g/mol. The number of hydrogen-bond acceptors (Lipinski definition) is 5. The number of carbonyl (C=O) groups excluding carboxylic acids is 1. The maximum atomic E-state index is 12.8. The van der Waals surface area contributed by atoms with Gasteiger partial charge in [0.15, 0.2) is 0 Å². The molecule has 24 heavy (non-hydrogen) atoms. The summed E-state index contributed by atoms with van der Waals surface area (Å²) in [5.41, 5.74) is 7.67. The van der Waals surface area contributed by atoms with Crippen LogP contribution >= 0.6 is 23.1 Å². The van der Waals surface area contributed by atoms with E-state index >= 15 is 0 Å². The number of aromatic nitrogens is 1. The number of anilines is 1. The van der Waals surface area contributed by atoms with Crippen LogP contribution < -0.4 is 10.9 Å². The van der Waals surface area contributed by atoms with Gasteiger partial charge < -0.3 is 0 Å². The Morgan fingerprint density at radius 1 is 1.25 bits per heavy atom. The molecule has 2 aromatic carbocycles. The van der Waals surface area contributed by atoms with E-state index in [2.05, 4.69) is 28.8 Å². The summed E-state index contributed by atoms with van der Waals surface area (Å²) in [5.74, 6) is -0.212. The van der Waals surface area contributed by atoms with Crippen molar-refractivity contribution >= 4 is 44.4 Å². The maximum Gasteiger partial charge on any atom is 0.248 e. The number of amides is 1. The SMILES string of the molecule is CCc1cccc2sc(NNC(=O)CSc3ccc(F)cc3)nc12. The molecular formula is C17H16FN3OS2. The van der Waals surface area contributed by atoms with Gasteiger partial charge in [-0.15, -0.1) is 11.8 Å². The van der Waals surface area contributed by atoms with Crippen molar-refractivity contribution in [3.8, 4) is 0 Å². The molecule has 0 radical (unpaired) electrons. The van der Waals surface area contributed by atoms with Gasteiger partial charge in [0.1, 0.15) is 5.82 Å². The minimum atomic E-state index is -0.284. The molecule has 0 bridgehead atoms. The van der Waals surface area contributed by atoms with Crippen LogP contribution in [-0.2, 0) is 11.2 Å². The molecule has 7 heteroatoms. The molecule has 0 saturated carbocycles. The first-order valence-electron chi connectivity index (χ1n) is 7.47. The lowest BCUT2D eigenvalue weighted by molar-refractivity contribution is -0.118. The second-order valence-electron chi connectivity index (χ2n) is 5.05. The third-order valence-corrected chi connectivity index (χ3v) is 5.32. The second-order valence-corrected chi connectivity index (χ2v) is 7.13. The zero-order valence-electron chi connectivity index (χ0n) is 13.0. The first-order valence-corrected chi connectivity index (χ1v) is 9.27. The normalized spacial score (nSPS) is 10.8. The molecule has 3 rings (SSSR count). The molecule has 1 amide bonds. The Hall–Kier alpha value is -2.12. The third kappa shape index (κ3) is 4.04. The van der Waals surface area contributed by atoms with Crippen LogP contribution in [0, 0.1) is 5.82 Å². The van der Waals surface area contributed by atoms with E-state index in [-0.39, 0.29) is 17.5 Å². The van der Waals surface area contributed by atoms with E-state index < -0.39 is 0 Å². The van der Waals surface area contributed by atoms with Crippen molar-refractivity contribution in [2.24, 2.45) is 0 Å². The Kier molecular flexibility index (Phi) is 5.32. The smallest absolute Gasteiger partial charge is 0.248 e. The van der Waals surface area contributed by atoms with Crippen LogP contribution in [0.2, 0.25) is 0 Å². The predicted octanol–water partition coefficient (Wildman–Crippen LogP) is 4.23. The molecule has 0 aliphatic heterocycles. The van der Waals surface area contributed by atoms with Gasteiger partial charge >= 0.3 is 0 Å². The van der Waals surface area contributed by atoms with Gasteiger partial charge in [-0.25, -0.2) is 9.37 Å². The Labute approximate surface area is 147 Å². The number of nitrogens with zero attached hydrogens (tertiary/aromatic N) is 1. The third-order valence-electron chi connectivity index (χ3n) is 3.38. The van der Waals surface area contributed by atoms with Crippen molar-refractivity contribution in [2.75, 3.05) is 11.2 Å². The number of hydrazine groups is 1. The highest BCUT2D eigenvalue weighted by Gasteiger charge is 2.08. The zero-order chi connectivity index (χ0) is 16.9. The fourth-order valence-electron chi connectivity index (χ4n) is 2.18. The molecule has 0 fully saturated rings. The van der Waals surface area contributed by atoms with Crippen molar-refractivity contribution in [3.63, 3.8) is 0 Å². The standard InChI is InChI=1S/C17H16FN3OS2/c1-2-11-4-3-5-14-16(11)19-17(24-14)21-20-15(22)10-23-13-8-6-12(18)7-9-13/h3-9H,2,10H2,1H3,(H,19,21)(H,20,22). The highest BCUT2D eigenvalue weighted by molar-refractivity contribution is 8.00. The van der Waals surface area contributed by atoms with E-state index in [0.717, 1.165) is 21.5 Å². The van der Waals surface area contributed by atoms with Gasteiger partial charge in [0.25, 0.3) is 0 Å². The van der Waals surface area contributed by atoms with E-state index in [1.807, 2.05) is 12.1 Å². The summed E-state index contributed by atoms with van der Waals surface area (Å²) in [4.78, 5) is 17.3. The van der Waals surface area contributed by atoms with Crippen LogP contribution in [0.4, 0.5) is 9.52 Å². The molecule has 0 aliphatic rings. The monoisotopic (exact) mass is 361 g/mol. The summed E-state index contributed by atoms with van der Waals surface area (Å²) < 4.78 is 13.9. The zero-order valence-corrected chi connectivity index (χ0v) is 14.6. The number of aryl methyl sites for hydroxylation is 1. The van der Waals surface area contributed by atoms with E-state index in [1.165, 1.54) is 40.8 Å². The molecule has 3 aromatic rings. The fourth-order valence-corrected chi connectivity index (χ4v) is 3.75. The van der Waals surface area contributed by atoms with Crippen LogP contribution in [0.15, 0.2) is 47.4 Å². The lowest BCUT2D eigenvalue weighted by Gasteiger charge is -2.05. The van der Waals surface area contributed by atoms with E-state index in [9.17, 15) is 9.18 Å². The number of benzene rings is 2. The molecule has 0 spiro atoms. The average Bonchev–Trinajstić information content (AvgIpc) is 3.02. The van der Waals surface area contributed by atoms with Crippen molar-refractivity contribution in [3.05, 3.63) is 53.8 Å². The van der Waals surface area contributed by atoms with E-state index in [0.29, 0.717) is 5.13 Å². The van der Waals surface area contributed by atoms with Crippen LogP contribution in [0.25, 0.3) is 10.2 Å². The molecule has 0 atom stereocenters. The van der Waals surface area contributed by atoms with Gasteiger partial charge in [-0.2, -0.15) is 0 Å². The van der Waals surface area contributed by atoms with Gasteiger partial charge in [0, 0.05) is 4.90 Å². The number of hydrogen-bond donors (Lipinski definition) is 2. The quantitative estimate of drug-likeness (QED) is 0.509. The number of nitrogens with one attached hydrogen (secondary N) is 2. The van der Waals surface area contributed by atoms with Crippen molar-refractivity contribution in [1.29, 1.82) is 0 Å². The molecule has 0 aliphatic carbocycles. The van der Waals surface area contributed by atoms with Crippen LogP contribution in [0.3, 0.4) is 0 Å². The minimum absolute atomic E-state index is 0.167. The van der Waals surface area contributed by atoms with Crippen LogP contribution in [0.1, 0.15) is 12.5 Å². The summed E-state index contributed by atoms with van der Waals surface area (Å²) >= 11 is 2.85. The Bertz CT molecular complexity index is 849. The van der Waals surface area contributed by atoms with Gasteiger partial charge in [-0.05, 0) is 42.3 Å². The Balaban J connectivity index is 1.55. The molecule has 1 heterocycles. The number of fused-ring (bicyclic) bond motifs is 1. The molecule has 124 valence electrons. The summed E-state index contributed by atoms with van der Waals surface area (Å²) in [5, 5.41) is 0.658. The highest BCUT2D eigenvalue weighted by atomic mass is 32.2. The summed E-state index contributed by atoms with van der Waals surface area (Å²) in [6.45, 7) is 2.09. The summed E-state index contributed by atoms with van der Waals surface area (Å²) in [7, 11) is 0. The second kappa shape index (κ2) is 7.63. The summed E-state index contributed by atoms with van der Waals surface area (Å²) in [6, 6.07) is 12.2. The Morgan fingerprint density at radius 3 is 2.79 bits per heavy atom. The van der Waals surface area contributed by atoms with Crippen molar-refractivity contribution in [1.82, 2.24) is 10.4 Å². The van der Waals surface area contributed by atoms with Gasteiger partial charge in [0.05, 0.1) is 16.0 Å². The molecule has 2 N–H and O–H groups in total. The number of rotatable bonds is 6. The van der Waals surface area contributed by atoms with E-state index in [1.54, 1.807) is 12.1 Å². The Morgan fingerprint density at radius 2 is 2.04 bits per heavy atom. The highest BCUT2D eigenvalue weighted by Crippen LogP contribution is 2.28. The lowest BCUT2D eigenvalue weighted by Crippen LogP contribution is -2.30. The van der Waals surface area contributed by atoms with Crippen molar-refractivity contribution < 1.29 is 9.18 Å². The number of thioether (sulfide) groups is 1. The molecule has 1 aromatic heterocycles.